The molecule has 0 radical (unpaired) electrons. The van der Waals surface area contributed by atoms with Crippen LogP contribution in [0, 0.1) is 0 Å². The highest BCUT2D eigenvalue weighted by Crippen LogP contribution is 2.40. The number of rotatable bonds is 12. The maximum atomic E-state index is 5.78. The van der Waals surface area contributed by atoms with E-state index in [2.05, 4.69) is 168 Å². The molecule has 0 spiro atoms. The normalized spacial score (nSPS) is 14.8. The van der Waals surface area contributed by atoms with Crippen molar-refractivity contribution in [1.29, 1.82) is 0 Å². The lowest BCUT2D eigenvalue weighted by Gasteiger charge is -2.14. The van der Waals surface area contributed by atoms with Gasteiger partial charge in [0.1, 0.15) is 11.4 Å². The summed E-state index contributed by atoms with van der Waals surface area (Å²) in [5, 5.41) is 0. The van der Waals surface area contributed by atoms with Crippen LogP contribution >= 0.6 is 0 Å². The zero-order valence-electron chi connectivity index (χ0n) is 34.9. The number of aliphatic imine (C=N–C) groups is 2. The van der Waals surface area contributed by atoms with Gasteiger partial charge in [0, 0.05) is 46.5 Å². The molecule has 0 amide bonds. The van der Waals surface area contributed by atoms with Crippen LogP contribution in [0.3, 0.4) is 0 Å². The molecule has 6 heterocycles. The van der Waals surface area contributed by atoms with Crippen LogP contribution in [0.4, 0.5) is 0 Å². The Morgan fingerprint density at radius 3 is 1.12 bits per heavy atom. The molecule has 9 aromatic rings. The fourth-order valence-electron chi connectivity index (χ4n) is 8.60. The van der Waals surface area contributed by atoms with E-state index in [0.29, 0.717) is 12.8 Å². The molecule has 0 bridgehead atoms. The highest BCUT2D eigenvalue weighted by molar-refractivity contribution is 6.11. The van der Waals surface area contributed by atoms with Gasteiger partial charge in [0.15, 0.2) is 11.5 Å². The molecule has 306 valence electrons. The Bertz CT molecular complexity index is 3030. The van der Waals surface area contributed by atoms with Crippen LogP contribution in [0.15, 0.2) is 249 Å². The SMILES string of the molecule is C1=CC(=C(Cc2ccc(CC(=C3C=CC(c4ccco4)=N3)c3[nH]c(-c4ccccc4)cc3-c3ccccc3)cc2)c2[nH]c(-c3ccccc3)cc2-c2ccccc2)N=C1c1ccco1. The average Bonchev–Trinajstić information content (AvgIpc) is 4.22. The molecule has 0 fully saturated rings. The Labute approximate surface area is 371 Å². The summed E-state index contributed by atoms with van der Waals surface area (Å²) in [7, 11) is 0. The van der Waals surface area contributed by atoms with Crippen molar-refractivity contribution in [2.75, 3.05) is 0 Å². The van der Waals surface area contributed by atoms with Gasteiger partial charge in [0.25, 0.3) is 0 Å². The van der Waals surface area contributed by atoms with Gasteiger partial charge in [-0.2, -0.15) is 0 Å². The van der Waals surface area contributed by atoms with Gasteiger partial charge in [-0.05, 0) is 94.1 Å². The zero-order valence-corrected chi connectivity index (χ0v) is 34.9. The summed E-state index contributed by atoms with van der Waals surface area (Å²) in [6, 6.07) is 63.4. The van der Waals surface area contributed by atoms with Crippen molar-refractivity contribution in [1.82, 2.24) is 9.97 Å². The van der Waals surface area contributed by atoms with Crippen LogP contribution in [0.5, 0.6) is 0 Å². The second-order valence-electron chi connectivity index (χ2n) is 15.9. The molecular weight excluding hydrogens is 785 g/mol. The first-order valence-electron chi connectivity index (χ1n) is 21.5. The van der Waals surface area contributed by atoms with Gasteiger partial charge < -0.3 is 18.8 Å². The molecule has 6 heteroatoms. The lowest BCUT2D eigenvalue weighted by molar-refractivity contribution is 0.558. The van der Waals surface area contributed by atoms with Crippen LogP contribution in [-0.4, -0.2) is 21.4 Å². The number of furan rings is 2. The summed E-state index contributed by atoms with van der Waals surface area (Å²) in [5.74, 6) is 1.48. The summed E-state index contributed by atoms with van der Waals surface area (Å²) in [4.78, 5) is 18.1. The van der Waals surface area contributed by atoms with Crippen molar-refractivity contribution < 1.29 is 8.83 Å². The molecule has 0 unspecified atom stereocenters. The first kappa shape index (κ1) is 38.4. The molecule has 2 N–H and O–H groups in total. The molecule has 5 aromatic carbocycles. The molecule has 0 saturated heterocycles. The van der Waals surface area contributed by atoms with Gasteiger partial charge in [-0.1, -0.05) is 146 Å². The average molecular weight is 827 g/mol. The largest absolute Gasteiger partial charge is 0.463 e. The van der Waals surface area contributed by atoms with E-state index in [0.717, 1.165) is 102 Å². The summed E-state index contributed by atoms with van der Waals surface area (Å²) in [6.07, 6.45) is 13.0. The summed E-state index contributed by atoms with van der Waals surface area (Å²) in [5.41, 5.74) is 18.9. The lowest BCUT2D eigenvalue weighted by atomic mass is 9.92. The fourth-order valence-corrected chi connectivity index (χ4v) is 8.60. The maximum Gasteiger partial charge on any atom is 0.152 e. The fraction of sp³-hybridized carbons (Fsp3) is 0.0345. The molecule has 2 aliphatic heterocycles. The number of H-pyrrole nitrogens is 2. The monoisotopic (exact) mass is 826 g/mol. The smallest absolute Gasteiger partial charge is 0.152 e. The third-order valence-electron chi connectivity index (χ3n) is 11.8. The minimum Gasteiger partial charge on any atom is -0.463 e. The predicted octanol–water partition coefficient (Wildman–Crippen LogP) is 14.2. The number of nitrogens with one attached hydrogen (secondary N) is 2. The van der Waals surface area contributed by atoms with Crippen molar-refractivity contribution in [2.24, 2.45) is 9.98 Å². The zero-order chi connectivity index (χ0) is 42.7. The molecule has 64 heavy (non-hydrogen) atoms. The van der Waals surface area contributed by atoms with E-state index in [1.807, 2.05) is 48.6 Å². The maximum absolute atomic E-state index is 5.78. The third-order valence-corrected chi connectivity index (χ3v) is 11.8. The van der Waals surface area contributed by atoms with Gasteiger partial charge in [0.2, 0.25) is 0 Å². The molecule has 11 rings (SSSR count). The molecular formula is C58H42N4O2. The highest BCUT2D eigenvalue weighted by Gasteiger charge is 2.23. The Morgan fingerprint density at radius 1 is 0.391 bits per heavy atom. The number of benzene rings is 5. The second-order valence-corrected chi connectivity index (χ2v) is 15.9. The topological polar surface area (TPSA) is 82.6 Å². The first-order chi connectivity index (χ1) is 31.7. The summed E-state index contributed by atoms with van der Waals surface area (Å²) < 4.78 is 11.6. The Hall–Kier alpha value is -8.48. The number of aromatic nitrogens is 2. The van der Waals surface area contributed by atoms with Gasteiger partial charge in [-0.25, -0.2) is 9.98 Å². The number of allylic oxidation sites excluding steroid dienone is 6. The van der Waals surface area contributed by atoms with E-state index in [1.54, 1.807) is 12.5 Å². The molecule has 0 saturated carbocycles. The van der Waals surface area contributed by atoms with E-state index in [4.69, 9.17) is 18.8 Å². The van der Waals surface area contributed by atoms with Crippen LogP contribution in [0.2, 0.25) is 0 Å². The number of hydrogen-bond acceptors (Lipinski definition) is 4. The van der Waals surface area contributed by atoms with Crippen molar-refractivity contribution in [3.8, 4) is 44.8 Å². The van der Waals surface area contributed by atoms with Crippen molar-refractivity contribution in [3.05, 3.63) is 264 Å². The summed E-state index contributed by atoms with van der Waals surface area (Å²) in [6.45, 7) is 0. The quantitative estimate of drug-likeness (QED) is 0.129. The minimum atomic E-state index is 0.645. The van der Waals surface area contributed by atoms with E-state index in [-0.39, 0.29) is 0 Å². The Balaban J connectivity index is 0.998. The molecule has 0 atom stereocenters. The summed E-state index contributed by atoms with van der Waals surface area (Å²) >= 11 is 0. The molecule has 0 aliphatic carbocycles. The third kappa shape index (κ3) is 7.81. The van der Waals surface area contributed by atoms with Crippen molar-refractivity contribution in [2.45, 2.75) is 12.8 Å². The standard InChI is InChI=1S/C58H42N4O2/c1-5-15-41(16-6-1)45-37-53(43-19-9-3-10-20-43)61-57(45)47(49-29-31-51(59-49)55-23-13-33-63-55)35-39-25-27-40(28-26-39)36-48(50-30-32-52(60-50)56-24-14-34-64-56)58-46(42-17-7-2-8-18-42)38-54(62-58)44-21-11-4-12-22-44/h1-34,37-38,61-62H,35-36H2. The lowest BCUT2D eigenvalue weighted by Crippen LogP contribution is -1.99. The van der Waals surface area contributed by atoms with Gasteiger partial charge in [0.05, 0.1) is 35.3 Å². The van der Waals surface area contributed by atoms with Gasteiger partial charge in [-0.3, -0.25) is 0 Å². The van der Waals surface area contributed by atoms with E-state index < -0.39 is 0 Å². The Kier molecular flexibility index (Phi) is 10.3. The number of hydrogen-bond donors (Lipinski definition) is 2. The Morgan fingerprint density at radius 2 is 0.766 bits per heavy atom. The van der Waals surface area contributed by atoms with Crippen LogP contribution in [-0.2, 0) is 12.8 Å². The number of nitrogens with zero attached hydrogens (tertiary/aromatic N) is 2. The minimum absolute atomic E-state index is 0.645. The van der Waals surface area contributed by atoms with Gasteiger partial charge in [-0.15, -0.1) is 0 Å². The first-order valence-corrected chi connectivity index (χ1v) is 21.5. The van der Waals surface area contributed by atoms with E-state index >= 15 is 0 Å². The predicted molar refractivity (Wildman–Crippen MR) is 260 cm³/mol. The van der Waals surface area contributed by atoms with Crippen molar-refractivity contribution >= 4 is 22.6 Å². The number of aromatic amines is 2. The molecule has 6 nitrogen and oxygen atoms in total. The van der Waals surface area contributed by atoms with Crippen LogP contribution in [0.25, 0.3) is 55.9 Å². The van der Waals surface area contributed by atoms with E-state index in [9.17, 15) is 0 Å². The molecule has 4 aromatic heterocycles. The molecule has 2 aliphatic rings. The van der Waals surface area contributed by atoms with Crippen molar-refractivity contribution in [3.63, 3.8) is 0 Å². The van der Waals surface area contributed by atoms with Gasteiger partial charge >= 0.3 is 0 Å². The second kappa shape index (κ2) is 17.1. The highest BCUT2D eigenvalue weighted by atomic mass is 16.3. The van der Waals surface area contributed by atoms with Crippen LogP contribution < -0.4 is 0 Å². The van der Waals surface area contributed by atoms with E-state index in [1.165, 1.54) is 11.1 Å². The van der Waals surface area contributed by atoms with Crippen LogP contribution in [0.1, 0.15) is 34.0 Å².